The third-order valence-corrected chi connectivity index (χ3v) is 5.65. The smallest absolute Gasteiger partial charge is 0.211 e. The van der Waals surface area contributed by atoms with Crippen LogP contribution in [0.25, 0.3) is 5.00 Å². The monoisotopic (exact) mass is 351 g/mol. The van der Waals surface area contributed by atoms with Crippen molar-refractivity contribution in [1.82, 2.24) is 14.8 Å². The summed E-state index contributed by atoms with van der Waals surface area (Å²) in [4.78, 5) is 16.7. The fourth-order valence-corrected chi connectivity index (χ4v) is 4.30. The van der Waals surface area contributed by atoms with Crippen molar-refractivity contribution in [3.8, 4) is 5.00 Å². The summed E-state index contributed by atoms with van der Waals surface area (Å²) in [7, 11) is 0. The number of benzene rings is 1. The number of aryl methyl sites for hydroxylation is 2. The Bertz CT molecular complexity index is 997. The molecule has 7 heteroatoms. The number of aromatic nitrogens is 3. The van der Waals surface area contributed by atoms with E-state index in [-0.39, 0.29) is 0 Å². The summed E-state index contributed by atoms with van der Waals surface area (Å²) in [5, 5.41) is 12.3. The zero-order chi connectivity index (χ0) is 17.6. The first-order chi connectivity index (χ1) is 12.1. The van der Waals surface area contributed by atoms with Crippen LogP contribution in [0.1, 0.15) is 33.2 Å². The first-order valence-electron chi connectivity index (χ1n) is 7.97. The van der Waals surface area contributed by atoms with Gasteiger partial charge in [0.1, 0.15) is 17.4 Å². The SMILES string of the molecule is Cc1sc2c(c1C)C(c1ccc(NC=O)cc1)=NCc1nnc(C)n1-2. The Hall–Kier alpha value is -2.80. The average Bonchev–Trinajstić information content (AvgIpc) is 3.05. The van der Waals surface area contributed by atoms with Crippen LogP contribution in [0.15, 0.2) is 29.3 Å². The summed E-state index contributed by atoms with van der Waals surface area (Å²) in [6.45, 7) is 6.72. The molecule has 2 aromatic heterocycles. The zero-order valence-electron chi connectivity index (χ0n) is 14.2. The largest absolute Gasteiger partial charge is 0.329 e. The van der Waals surface area contributed by atoms with Crippen molar-refractivity contribution in [1.29, 1.82) is 0 Å². The molecule has 0 aliphatic carbocycles. The number of fused-ring (bicyclic) bond motifs is 3. The molecule has 0 radical (unpaired) electrons. The minimum atomic E-state index is 0.490. The number of carbonyl (C=O) groups is 1. The van der Waals surface area contributed by atoms with E-state index in [9.17, 15) is 4.79 Å². The van der Waals surface area contributed by atoms with Gasteiger partial charge in [0.15, 0.2) is 5.82 Å². The summed E-state index contributed by atoms with van der Waals surface area (Å²) in [6.07, 6.45) is 0.678. The van der Waals surface area contributed by atoms with Gasteiger partial charge in [0, 0.05) is 21.7 Å². The maximum absolute atomic E-state index is 10.6. The van der Waals surface area contributed by atoms with Gasteiger partial charge in [-0.25, -0.2) is 0 Å². The number of anilines is 1. The van der Waals surface area contributed by atoms with Gasteiger partial charge in [0.05, 0.1) is 5.71 Å². The molecule has 126 valence electrons. The number of thiophene rings is 1. The Kier molecular flexibility index (Phi) is 3.73. The molecule has 3 heterocycles. The number of amides is 1. The van der Waals surface area contributed by atoms with E-state index < -0.39 is 0 Å². The lowest BCUT2D eigenvalue weighted by Gasteiger charge is -2.10. The van der Waals surface area contributed by atoms with E-state index in [4.69, 9.17) is 4.99 Å². The molecule has 1 aromatic carbocycles. The van der Waals surface area contributed by atoms with Gasteiger partial charge < -0.3 is 5.32 Å². The predicted octanol–water partition coefficient (Wildman–Crippen LogP) is 3.17. The fourth-order valence-electron chi connectivity index (χ4n) is 3.07. The molecule has 1 aliphatic heterocycles. The van der Waals surface area contributed by atoms with Crippen LogP contribution in [-0.2, 0) is 11.3 Å². The van der Waals surface area contributed by atoms with Gasteiger partial charge in [-0.2, -0.15) is 0 Å². The molecule has 1 aliphatic rings. The van der Waals surface area contributed by atoms with Crippen LogP contribution in [0.5, 0.6) is 0 Å². The summed E-state index contributed by atoms with van der Waals surface area (Å²) in [5.41, 5.74) is 5.11. The normalized spacial score (nSPS) is 12.8. The number of carbonyl (C=O) groups excluding carboxylic acids is 1. The van der Waals surface area contributed by atoms with Crippen LogP contribution in [0.3, 0.4) is 0 Å². The van der Waals surface area contributed by atoms with E-state index in [2.05, 4.69) is 33.9 Å². The van der Waals surface area contributed by atoms with Crippen LogP contribution >= 0.6 is 11.3 Å². The number of hydrogen-bond acceptors (Lipinski definition) is 5. The second-order valence-electron chi connectivity index (χ2n) is 5.97. The van der Waals surface area contributed by atoms with Gasteiger partial charge in [-0.1, -0.05) is 12.1 Å². The number of aliphatic imine (C=N–C) groups is 1. The zero-order valence-corrected chi connectivity index (χ0v) is 15.0. The molecule has 1 N–H and O–H groups in total. The Morgan fingerprint density at radius 1 is 1.16 bits per heavy atom. The van der Waals surface area contributed by atoms with Gasteiger partial charge >= 0.3 is 0 Å². The van der Waals surface area contributed by atoms with Gasteiger partial charge in [-0.3, -0.25) is 14.4 Å². The van der Waals surface area contributed by atoms with E-state index in [0.717, 1.165) is 39.2 Å². The van der Waals surface area contributed by atoms with Crippen molar-refractivity contribution in [3.63, 3.8) is 0 Å². The third kappa shape index (κ3) is 2.47. The van der Waals surface area contributed by atoms with Crippen molar-refractivity contribution in [2.24, 2.45) is 4.99 Å². The second-order valence-corrected chi connectivity index (χ2v) is 7.17. The van der Waals surface area contributed by atoms with E-state index in [1.54, 1.807) is 11.3 Å². The van der Waals surface area contributed by atoms with Gasteiger partial charge in [0.2, 0.25) is 6.41 Å². The lowest BCUT2D eigenvalue weighted by atomic mass is 9.99. The average molecular weight is 351 g/mol. The molecule has 0 bridgehead atoms. The topological polar surface area (TPSA) is 72.2 Å². The van der Waals surface area contributed by atoms with Gasteiger partial charge in [0.25, 0.3) is 0 Å². The molecule has 0 saturated heterocycles. The van der Waals surface area contributed by atoms with Crippen LogP contribution in [0.2, 0.25) is 0 Å². The minimum Gasteiger partial charge on any atom is -0.329 e. The van der Waals surface area contributed by atoms with E-state index in [1.165, 1.54) is 10.4 Å². The first kappa shape index (κ1) is 15.7. The highest BCUT2D eigenvalue weighted by molar-refractivity contribution is 7.15. The highest BCUT2D eigenvalue weighted by Crippen LogP contribution is 2.36. The number of hydrogen-bond donors (Lipinski definition) is 1. The molecule has 0 unspecified atom stereocenters. The molecule has 0 spiro atoms. The molecule has 4 rings (SSSR count). The predicted molar refractivity (Wildman–Crippen MR) is 98.9 cm³/mol. The standard InChI is InChI=1S/C18H17N5OS/c1-10-11(2)25-18-16(10)17(13-4-6-14(7-5-13)20-9-24)19-8-15-22-21-12(3)23(15)18/h4-7,9H,8H2,1-3H3,(H,20,24). The molecule has 0 saturated carbocycles. The van der Waals surface area contributed by atoms with Crippen molar-refractivity contribution >= 4 is 29.1 Å². The molecule has 6 nitrogen and oxygen atoms in total. The summed E-state index contributed by atoms with van der Waals surface area (Å²) in [6, 6.07) is 7.74. The third-order valence-electron chi connectivity index (χ3n) is 4.46. The summed E-state index contributed by atoms with van der Waals surface area (Å²) >= 11 is 1.74. The second kappa shape index (κ2) is 5.93. The lowest BCUT2D eigenvalue weighted by Crippen LogP contribution is -2.07. The Labute approximate surface area is 149 Å². The first-order valence-corrected chi connectivity index (χ1v) is 8.78. The van der Waals surface area contributed by atoms with Crippen molar-refractivity contribution in [2.75, 3.05) is 5.32 Å². The van der Waals surface area contributed by atoms with Crippen LogP contribution < -0.4 is 5.32 Å². The Balaban J connectivity index is 1.90. The maximum Gasteiger partial charge on any atom is 0.211 e. The summed E-state index contributed by atoms with van der Waals surface area (Å²) in [5.74, 6) is 1.73. The highest BCUT2D eigenvalue weighted by Gasteiger charge is 2.26. The number of rotatable bonds is 3. The van der Waals surface area contributed by atoms with Crippen LogP contribution in [0, 0.1) is 20.8 Å². The number of nitrogens with zero attached hydrogens (tertiary/aromatic N) is 4. The van der Waals surface area contributed by atoms with Crippen molar-refractivity contribution in [2.45, 2.75) is 27.3 Å². The highest BCUT2D eigenvalue weighted by atomic mass is 32.1. The maximum atomic E-state index is 10.6. The van der Waals surface area contributed by atoms with Crippen LogP contribution in [-0.4, -0.2) is 26.9 Å². The van der Waals surface area contributed by atoms with Crippen molar-refractivity contribution < 1.29 is 4.79 Å². The fraction of sp³-hybridized carbons (Fsp3) is 0.222. The van der Waals surface area contributed by atoms with Gasteiger partial charge in [-0.05, 0) is 38.5 Å². The van der Waals surface area contributed by atoms with E-state index in [0.29, 0.717) is 13.0 Å². The van der Waals surface area contributed by atoms with Crippen molar-refractivity contribution in [3.05, 3.63) is 57.5 Å². The van der Waals surface area contributed by atoms with E-state index >= 15 is 0 Å². The molecule has 3 aromatic rings. The Morgan fingerprint density at radius 3 is 2.64 bits per heavy atom. The van der Waals surface area contributed by atoms with E-state index in [1.807, 2.05) is 31.2 Å². The van der Waals surface area contributed by atoms with Crippen LogP contribution in [0.4, 0.5) is 5.69 Å². The minimum absolute atomic E-state index is 0.490. The molecule has 0 atom stereocenters. The Morgan fingerprint density at radius 2 is 1.92 bits per heavy atom. The summed E-state index contributed by atoms with van der Waals surface area (Å²) < 4.78 is 2.11. The lowest BCUT2D eigenvalue weighted by molar-refractivity contribution is -0.105. The molecular weight excluding hydrogens is 334 g/mol. The quantitative estimate of drug-likeness (QED) is 0.737. The number of nitrogens with one attached hydrogen (secondary N) is 1. The van der Waals surface area contributed by atoms with Gasteiger partial charge in [-0.15, -0.1) is 21.5 Å². The molecule has 1 amide bonds. The molecule has 0 fully saturated rings. The molecular formula is C18H17N5OS. The molecule has 25 heavy (non-hydrogen) atoms.